The Morgan fingerprint density at radius 3 is 2.11 bits per heavy atom. The third kappa shape index (κ3) is 7.29. The van der Waals surface area contributed by atoms with Crippen molar-refractivity contribution in [1.82, 2.24) is 0 Å². The molecule has 0 heteroatoms. The van der Waals surface area contributed by atoms with E-state index in [0.29, 0.717) is 16.2 Å². The van der Waals surface area contributed by atoms with Gasteiger partial charge in [-0.05, 0) is 110 Å². The Balaban J connectivity index is 0.000000367. The highest BCUT2D eigenvalue weighted by Crippen LogP contribution is 2.68. The number of unbranched alkanes of at least 4 members (excludes halogenated alkanes) is 1. The Kier molecular flexibility index (Phi) is 11.7. The van der Waals surface area contributed by atoms with E-state index in [0.717, 1.165) is 36.0 Å². The Labute approximate surface area is 222 Å². The molecule has 204 valence electrons. The SMILES string of the molecule is C1CC1.C=CCCC.CC.CC1CCC2=CCC3C(CCC4(C)C3CCC4C(C)(C)C)C2(C)CC1. The maximum atomic E-state index is 3.55. The van der Waals surface area contributed by atoms with E-state index < -0.39 is 0 Å². The van der Waals surface area contributed by atoms with Gasteiger partial charge in [-0.1, -0.05) is 106 Å². The van der Waals surface area contributed by atoms with Crippen LogP contribution in [-0.4, -0.2) is 0 Å². The van der Waals surface area contributed by atoms with Gasteiger partial charge in [0.25, 0.3) is 0 Å². The summed E-state index contributed by atoms with van der Waals surface area (Å²) in [6, 6.07) is 0. The summed E-state index contributed by atoms with van der Waals surface area (Å²) >= 11 is 0. The van der Waals surface area contributed by atoms with Gasteiger partial charge >= 0.3 is 0 Å². The molecule has 4 saturated carbocycles. The van der Waals surface area contributed by atoms with Crippen molar-refractivity contribution in [2.75, 3.05) is 0 Å². The molecule has 0 heterocycles. The van der Waals surface area contributed by atoms with Gasteiger partial charge in [-0.3, -0.25) is 0 Å². The highest BCUT2D eigenvalue weighted by atomic mass is 14.6. The molecule has 0 N–H and O–H groups in total. The summed E-state index contributed by atoms with van der Waals surface area (Å²) < 4.78 is 0. The zero-order valence-corrected chi connectivity index (χ0v) is 25.6. The minimum Gasteiger partial charge on any atom is -0.103 e. The zero-order valence-electron chi connectivity index (χ0n) is 25.6. The van der Waals surface area contributed by atoms with E-state index in [1.54, 1.807) is 0 Å². The normalized spacial score (nSPS) is 39.2. The van der Waals surface area contributed by atoms with Gasteiger partial charge in [0.2, 0.25) is 0 Å². The third-order valence-corrected chi connectivity index (χ3v) is 10.6. The molecule has 35 heavy (non-hydrogen) atoms. The van der Waals surface area contributed by atoms with Gasteiger partial charge in [0.15, 0.2) is 0 Å². The van der Waals surface area contributed by atoms with Crippen molar-refractivity contribution >= 4 is 0 Å². The maximum absolute atomic E-state index is 3.55. The van der Waals surface area contributed by atoms with Crippen LogP contribution in [-0.2, 0) is 0 Å². The molecule has 7 atom stereocenters. The van der Waals surface area contributed by atoms with Crippen molar-refractivity contribution in [3.8, 4) is 0 Å². The van der Waals surface area contributed by atoms with Crippen LogP contribution in [0.4, 0.5) is 0 Å². The lowest BCUT2D eigenvalue weighted by molar-refractivity contribution is -0.0564. The van der Waals surface area contributed by atoms with Crippen LogP contribution >= 0.6 is 0 Å². The first-order valence-electron chi connectivity index (χ1n) is 15.9. The molecule has 5 aliphatic carbocycles. The second kappa shape index (κ2) is 13.3. The Morgan fingerprint density at radius 2 is 1.60 bits per heavy atom. The smallest absolute Gasteiger partial charge is 0.00852 e. The van der Waals surface area contributed by atoms with Gasteiger partial charge < -0.3 is 0 Å². The molecule has 0 aromatic carbocycles. The van der Waals surface area contributed by atoms with E-state index in [-0.39, 0.29) is 0 Å². The summed E-state index contributed by atoms with van der Waals surface area (Å²) in [7, 11) is 0. The van der Waals surface area contributed by atoms with Crippen molar-refractivity contribution in [1.29, 1.82) is 0 Å². The van der Waals surface area contributed by atoms with Crippen LogP contribution < -0.4 is 0 Å². The molecule has 0 radical (unpaired) electrons. The Hall–Kier alpha value is -0.520. The van der Waals surface area contributed by atoms with Gasteiger partial charge in [-0.15, -0.1) is 6.58 Å². The molecule has 0 amide bonds. The average Bonchev–Trinajstić information content (AvgIpc) is 3.66. The van der Waals surface area contributed by atoms with E-state index >= 15 is 0 Å². The van der Waals surface area contributed by atoms with E-state index in [1.807, 2.05) is 25.5 Å². The van der Waals surface area contributed by atoms with Gasteiger partial charge in [0, 0.05) is 0 Å². The van der Waals surface area contributed by atoms with Crippen LogP contribution in [0.3, 0.4) is 0 Å². The van der Waals surface area contributed by atoms with Gasteiger partial charge in [0.05, 0.1) is 0 Å². The lowest BCUT2D eigenvalue weighted by Crippen LogP contribution is -2.50. The molecule has 0 aromatic rings. The largest absolute Gasteiger partial charge is 0.103 e. The number of fused-ring (bicyclic) bond motifs is 5. The molecule has 0 aromatic heterocycles. The molecule has 0 bridgehead atoms. The molecule has 5 aliphatic rings. The first-order valence-corrected chi connectivity index (χ1v) is 15.9. The van der Waals surface area contributed by atoms with Crippen molar-refractivity contribution in [3.63, 3.8) is 0 Å². The summed E-state index contributed by atoms with van der Waals surface area (Å²) in [5.41, 5.74) is 3.49. The molecule has 0 saturated heterocycles. The first-order chi connectivity index (χ1) is 16.6. The van der Waals surface area contributed by atoms with Gasteiger partial charge in [-0.2, -0.15) is 0 Å². The van der Waals surface area contributed by atoms with E-state index in [4.69, 9.17) is 0 Å². The summed E-state index contributed by atoms with van der Waals surface area (Å²) in [5.74, 6) is 4.82. The Morgan fingerprint density at radius 1 is 0.943 bits per heavy atom. The van der Waals surface area contributed by atoms with Gasteiger partial charge in [-0.25, -0.2) is 0 Å². The minimum absolute atomic E-state index is 0.480. The fourth-order valence-corrected chi connectivity index (χ4v) is 8.61. The maximum Gasteiger partial charge on any atom is -0.00852 e. The second-order valence-corrected chi connectivity index (χ2v) is 14.1. The molecular formula is C35H64. The molecule has 4 fully saturated rings. The van der Waals surface area contributed by atoms with E-state index in [9.17, 15) is 0 Å². The molecular weight excluding hydrogens is 420 g/mol. The Bertz CT molecular complexity index is 657. The number of allylic oxidation sites excluding steroid dienone is 3. The van der Waals surface area contributed by atoms with Crippen LogP contribution in [0.25, 0.3) is 0 Å². The summed E-state index contributed by atoms with van der Waals surface area (Å²) in [5, 5.41) is 0. The lowest BCUT2D eigenvalue weighted by Gasteiger charge is -2.57. The third-order valence-electron chi connectivity index (χ3n) is 10.6. The van der Waals surface area contributed by atoms with Crippen LogP contribution in [0.1, 0.15) is 152 Å². The van der Waals surface area contributed by atoms with E-state index in [2.05, 4.69) is 61.1 Å². The first kappa shape index (κ1) is 30.7. The molecule has 0 spiro atoms. The van der Waals surface area contributed by atoms with Crippen LogP contribution in [0.5, 0.6) is 0 Å². The van der Waals surface area contributed by atoms with Crippen molar-refractivity contribution in [3.05, 3.63) is 24.3 Å². The number of rotatable bonds is 2. The van der Waals surface area contributed by atoms with Crippen molar-refractivity contribution < 1.29 is 0 Å². The lowest BCUT2D eigenvalue weighted by atomic mass is 9.47. The van der Waals surface area contributed by atoms with Crippen LogP contribution in [0, 0.1) is 45.8 Å². The summed E-state index contributed by atoms with van der Waals surface area (Å²) in [6.07, 6.45) is 24.7. The summed E-state index contributed by atoms with van der Waals surface area (Å²) in [6.45, 7) is 25.1. The second-order valence-electron chi connectivity index (χ2n) is 14.1. The quantitative estimate of drug-likeness (QED) is 0.342. The fraction of sp³-hybridized carbons (Fsp3) is 0.886. The minimum atomic E-state index is 0.480. The average molecular weight is 485 g/mol. The highest BCUT2D eigenvalue weighted by molar-refractivity contribution is 5.24. The van der Waals surface area contributed by atoms with Crippen molar-refractivity contribution in [2.24, 2.45) is 45.8 Å². The molecule has 5 rings (SSSR count). The van der Waals surface area contributed by atoms with Crippen LogP contribution in [0.2, 0.25) is 0 Å². The number of hydrogen-bond donors (Lipinski definition) is 0. The summed E-state index contributed by atoms with van der Waals surface area (Å²) in [4.78, 5) is 0. The van der Waals surface area contributed by atoms with Gasteiger partial charge in [0.1, 0.15) is 0 Å². The highest BCUT2D eigenvalue weighted by Gasteiger charge is 2.59. The predicted molar refractivity (Wildman–Crippen MR) is 159 cm³/mol. The molecule has 0 nitrogen and oxygen atoms in total. The zero-order chi connectivity index (χ0) is 26.3. The van der Waals surface area contributed by atoms with Crippen LogP contribution in [0.15, 0.2) is 24.3 Å². The predicted octanol–water partition coefficient (Wildman–Crippen LogP) is 11.8. The topological polar surface area (TPSA) is 0 Å². The standard InChI is InChI=1S/C25H42.C5H10.C3H6.C2H6/c1-17-7-8-18-9-10-19-20-11-12-22(23(2,3)4)25(20,6)16-14-21(19)24(18,5)15-13-17;1-3-5-4-2;1-2-3-1;1-2/h9,17,19-22H,7-8,10-16H2,1-6H3;3H,1,4-5H2,2H3;1-3H2;1-2H3. The monoisotopic (exact) mass is 485 g/mol. The fourth-order valence-electron chi connectivity index (χ4n) is 8.61. The van der Waals surface area contributed by atoms with E-state index in [1.165, 1.54) is 83.5 Å². The van der Waals surface area contributed by atoms with Crippen molar-refractivity contribution in [2.45, 2.75) is 152 Å². The molecule has 7 unspecified atom stereocenters. The molecule has 0 aliphatic heterocycles. The number of hydrogen-bond acceptors (Lipinski definition) is 0.